The number of fused-ring (bicyclic) bond motifs is 5. The number of nitrogen functional groups attached to an aromatic ring is 2. The number of phosphoric ester groups is 1. The normalized spacial score (nSPS) is 34.4. The van der Waals surface area contributed by atoms with Crippen molar-refractivity contribution in [2.75, 3.05) is 24.6 Å². The number of rotatable bonds is 2. The number of phosphoric acid groups is 1. The number of anilines is 2. The molecule has 0 spiro atoms. The molecule has 0 radical (unpaired) electrons. The maximum absolute atomic E-state index is 15.8. The summed E-state index contributed by atoms with van der Waals surface area (Å²) >= 11 is 0. The maximum atomic E-state index is 15.8. The van der Waals surface area contributed by atoms with Gasteiger partial charge >= 0.3 is 18.1 Å². The Labute approximate surface area is 243 Å². The molecule has 3 aliphatic heterocycles. The lowest BCUT2D eigenvalue weighted by molar-refractivity contribution is -0.0578. The molecule has 4 aromatic heterocycles. The number of nitrogens with two attached hydrogens (primary N) is 2. The van der Waals surface area contributed by atoms with Crippen molar-refractivity contribution < 1.29 is 45.0 Å². The van der Waals surface area contributed by atoms with Gasteiger partial charge < -0.3 is 25.8 Å². The fourth-order valence-corrected chi connectivity index (χ4v) is 7.06. The first kappa shape index (κ1) is 29.0. The van der Waals surface area contributed by atoms with Gasteiger partial charge in [0.25, 0.3) is 5.56 Å². The van der Waals surface area contributed by atoms with Gasteiger partial charge in [0.05, 0.1) is 19.0 Å². The van der Waals surface area contributed by atoms with Crippen molar-refractivity contribution in [2.24, 2.45) is 0 Å². The second kappa shape index (κ2) is 10.4. The largest absolute Gasteiger partial charge is 0.472 e. The van der Waals surface area contributed by atoms with Crippen molar-refractivity contribution in [1.29, 1.82) is 0 Å². The molecule has 2 bridgehead atoms. The van der Waals surface area contributed by atoms with Crippen LogP contribution in [-0.4, -0.2) is 102 Å². The van der Waals surface area contributed by atoms with Crippen molar-refractivity contribution in [3.63, 3.8) is 0 Å². The number of halogens is 1. The number of nitrogens with zero attached hydrogens (tertiary/aromatic N) is 8. The lowest BCUT2D eigenvalue weighted by Crippen LogP contribution is -2.41. The maximum Gasteiger partial charge on any atom is 0.472 e. The van der Waals surface area contributed by atoms with Crippen LogP contribution in [0.5, 0.6) is 0 Å². The van der Waals surface area contributed by atoms with Crippen molar-refractivity contribution in [2.45, 2.75) is 49.5 Å². The average Bonchev–Trinajstić information content (AvgIpc) is 3.72. The highest BCUT2D eigenvalue weighted by Crippen LogP contribution is 2.50. The molecule has 0 saturated carbocycles. The Balaban J connectivity index is 1.19. The van der Waals surface area contributed by atoms with E-state index < -0.39 is 79.9 Å². The number of aromatic nitrogens is 9. The zero-order chi connectivity index (χ0) is 31.0. The van der Waals surface area contributed by atoms with Crippen LogP contribution in [-0.2, 0) is 37.6 Å². The van der Waals surface area contributed by atoms with Gasteiger partial charge in [-0.25, -0.2) is 28.1 Å². The molecule has 236 valence electrons. The minimum absolute atomic E-state index is 0.00883. The molecule has 0 aliphatic carbocycles. The minimum Gasteiger partial charge on any atom is -0.382 e. The van der Waals surface area contributed by atoms with Crippen LogP contribution in [0.4, 0.5) is 16.2 Å². The Kier molecular flexibility index (Phi) is 6.87. The number of H-pyrrole nitrogens is 1. The van der Waals surface area contributed by atoms with E-state index in [2.05, 4.69) is 40.0 Å². The quantitative estimate of drug-likeness (QED) is 0.142. The monoisotopic (exact) mass is 660 g/mol. The first-order valence-corrected chi connectivity index (χ1v) is 15.6. The average molecular weight is 660 g/mol. The molecule has 7 rings (SSSR count). The van der Waals surface area contributed by atoms with E-state index in [1.165, 1.54) is 0 Å². The van der Waals surface area contributed by atoms with Gasteiger partial charge in [-0.05, 0) is 0 Å². The molecule has 4 aromatic rings. The Morgan fingerprint density at radius 1 is 1.11 bits per heavy atom. The molecule has 3 aliphatic rings. The number of alkyl halides is 1. The van der Waals surface area contributed by atoms with E-state index in [1.54, 1.807) is 0 Å². The zero-order valence-electron chi connectivity index (χ0n) is 21.9. The van der Waals surface area contributed by atoms with E-state index in [4.69, 9.17) is 34.2 Å². The Bertz CT molecular complexity index is 1970. The summed E-state index contributed by atoms with van der Waals surface area (Å²) in [4.78, 5) is 41.0. The molecule has 25 heteroatoms. The topological polar surface area (TPSA) is 302 Å². The minimum atomic E-state index is -4.98. The number of ether oxygens (including phenoxy) is 2. The van der Waals surface area contributed by atoms with Crippen LogP contribution in [0, 0.1) is 0 Å². The number of nitrogens with one attached hydrogen (secondary N) is 2. The molecular formula is C19H22FN12O10PS. The van der Waals surface area contributed by atoms with E-state index in [1.807, 2.05) is 0 Å². The van der Waals surface area contributed by atoms with Crippen LogP contribution in [0.25, 0.3) is 22.3 Å². The third kappa shape index (κ3) is 5.08. The summed E-state index contributed by atoms with van der Waals surface area (Å²) in [5, 5.41) is 7.60. The predicted molar refractivity (Wildman–Crippen MR) is 140 cm³/mol. The van der Waals surface area contributed by atoms with Crippen molar-refractivity contribution in [1.82, 2.24) is 49.2 Å². The zero-order valence-corrected chi connectivity index (χ0v) is 23.6. The van der Waals surface area contributed by atoms with E-state index in [0.29, 0.717) is 0 Å². The van der Waals surface area contributed by atoms with E-state index >= 15 is 4.39 Å². The van der Waals surface area contributed by atoms with Crippen LogP contribution < -0.4 is 21.7 Å². The summed E-state index contributed by atoms with van der Waals surface area (Å²) in [6.45, 7) is -1.30. The smallest absolute Gasteiger partial charge is 0.382 e. The highest BCUT2D eigenvalue weighted by molar-refractivity contribution is 7.84. The third-order valence-electron chi connectivity index (χ3n) is 7.06. The van der Waals surface area contributed by atoms with E-state index in [0.717, 1.165) is 21.9 Å². The molecule has 8 unspecified atom stereocenters. The molecular weight excluding hydrogens is 638 g/mol. The fraction of sp³-hybridized carbons (Fsp3) is 0.526. The summed E-state index contributed by atoms with van der Waals surface area (Å²) in [6.07, 6.45) is -8.65. The molecule has 0 aromatic carbocycles. The van der Waals surface area contributed by atoms with Crippen molar-refractivity contribution >= 4 is 52.2 Å². The van der Waals surface area contributed by atoms with Crippen LogP contribution in [0.1, 0.15) is 18.9 Å². The van der Waals surface area contributed by atoms with Crippen LogP contribution >= 0.6 is 7.82 Å². The lowest BCUT2D eigenvalue weighted by atomic mass is 10.1. The molecule has 22 nitrogen and oxygen atoms in total. The molecule has 7 N–H and O–H groups in total. The third-order valence-corrected chi connectivity index (χ3v) is 9.07. The van der Waals surface area contributed by atoms with Gasteiger partial charge in [0.2, 0.25) is 5.95 Å². The first-order chi connectivity index (χ1) is 20.9. The summed E-state index contributed by atoms with van der Waals surface area (Å²) in [7, 11) is -9.66. The highest BCUT2D eigenvalue weighted by Gasteiger charge is 2.52. The number of hydrogen-bond acceptors (Lipinski definition) is 17. The molecule has 3 fully saturated rings. The van der Waals surface area contributed by atoms with Crippen LogP contribution in [0.2, 0.25) is 0 Å². The Morgan fingerprint density at radius 2 is 1.93 bits per heavy atom. The van der Waals surface area contributed by atoms with E-state index in [9.17, 15) is 22.7 Å². The number of aromatic amines is 1. The molecule has 7 heterocycles. The van der Waals surface area contributed by atoms with E-state index in [-0.39, 0.29) is 40.5 Å². The highest BCUT2D eigenvalue weighted by atomic mass is 32.2. The van der Waals surface area contributed by atoms with Crippen LogP contribution in [0.15, 0.2) is 17.4 Å². The SMILES string of the molecule is Nc1nc2c(nnn2C2OC3CNS(=O)(=O)OC4C(COP(=O)(O)OC2C3)OC(n2cnc3c(N)ncnc32)C4F)c(=O)[nH]1. The predicted octanol–water partition coefficient (Wildman–Crippen LogP) is -2.22. The second-order valence-electron chi connectivity index (χ2n) is 9.91. The summed E-state index contributed by atoms with van der Waals surface area (Å²) in [5.74, 6) is -0.258. The van der Waals surface area contributed by atoms with Gasteiger partial charge in [-0.15, -0.1) is 5.10 Å². The van der Waals surface area contributed by atoms with Gasteiger partial charge in [-0.1, -0.05) is 5.21 Å². The van der Waals surface area contributed by atoms with Gasteiger partial charge in [0.15, 0.2) is 41.3 Å². The van der Waals surface area contributed by atoms with Crippen LogP contribution in [0.3, 0.4) is 0 Å². The molecule has 8 atom stereocenters. The lowest BCUT2D eigenvalue weighted by Gasteiger charge is -2.24. The summed E-state index contributed by atoms with van der Waals surface area (Å²) < 4.78 is 86.4. The van der Waals surface area contributed by atoms with Gasteiger partial charge in [-0.2, -0.15) is 22.8 Å². The standard InChI is InChI=1S/C19H22FN12O10PS/c20-9-12-8(40-18(9)31-5-25-10-13(21)23-4-24-14(10)31)3-38-43(34,35)41-7-1-6(2-26-44(36,37)42-12)39-17(7)32-15-11(29-30-32)16(33)28-19(22)27-15/h4-9,12,17-18,26H,1-3H2,(H,34,35)(H2,21,23,24)(H3,22,27,28,33). The van der Waals surface area contributed by atoms with Crippen molar-refractivity contribution in [3.05, 3.63) is 23.0 Å². The molecule has 0 amide bonds. The number of imidazole rings is 1. The second-order valence-corrected chi connectivity index (χ2v) is 12.7. The first-order valence-electron chi connectivity index (χ1n) is 12.7. The van der Waals surface area contributed by atoms with Gasteiger partial charge in [0.1, 0.15) is 30.2 Å². The Morgan fingerprint density at radius 3 is 2.75 bits per heavy atom. The van der Waals surface area contributed by atoms with Gasteiger partial charge in [0, 0.05) is 13.0 Å². The fourth-order valence-electron chi connectivity index (χ4n) is 5.15. The number of hydrogen-bond donors (Lipinski definition) is 5. The molecule has 44 heavy (non-hydrogen) atoms. The summed E-state index contributed by atoms with van der Waals surface area (Å²) in [5.41, 5.74) is 10.6. The summed E-state index contributed by atoms with van der Waals surface area (Å²) in [6, 6.07) is 0. The van der Waals surface area contributed by atoms with Gasteiger partial charge in [-0.3, -0.25) is 23.4 Å². The molecule has 3 saturated heterocycles. The Hall–Kier alpha value is -3.74. The van der Waals surface area contributed by atoms with Crippen molar-refractivity contribution in [3.8, 4) is 0 Å².